The lowest BCUT2D eigenvalue weighted by Gasteiger charge is -2.27. The Morgan fingerprint density at radius 1 is 1.22 bits per heavy atom. The summed E-state index contributed by atoms with van der Waals surface area (Å²) in [7, 11) is -2.89. The Labute approximate surface area is 135 Å². The van der Waals surface area contributed by atoms with Crippen molar-refractivity contribution in [3.05, 3.63) is 24.3 Å². The van der Waals surface area contributed by atoms with Crippen molar-refractivity contribution in [1.82, 2.24) is 4.90 Å². The minimum absolute atomic E-state index is 0.123. The summed E-state index contributed by atoms with van der Waals surface area (Å²) in [5.74, 6) is 1.01. The average Bonchev–Trinajstić information content (AvgIpc) is 2.56. The van der Waals surface area contributed by atoms with Crippen LogP contribution in [0.3, 0.4) is 0 Å². The molecule has 1 aromatic rings. The maximum atomic E-state index is 12.0. The van der Waals surface area contributed by atoms with Crippen molar-refractivity contribution < 1.29 is 27.4 Å². The van der Waals surface area contributed by atoms with E-state index in [2.05, 4.69) is 0 Å². The van der Waals surface area contributed by atoms with Crippen molar-refractivity contribution in [3.63, 3.8) is 0 Å². The van der Waals surface area contributed by atoms with Gasteiger partial charge in [0.25, 0.3) is 0 Å². The van der Waals surface area contributed by atoms with Gasteiger partial charge in [0, 0.05) is 19.6 Å². The van der Waals surface area contributed by atoms with E-state index in [1.54, 1.807) is 18.2 Å². The first-order valence-electron chi connectivity index (χ1n) is 7.51. The molecule has 1 atom stereocenters. The van der Waals surface area contributed by atoms with E-state index >= 15 is 0 Å². The molecule has 1 fully saturated rings. The number of benzene rings is 1. The van der Waals surface area contributed by atoms with E-state index in [1.165, 1.54) is 0 Å². The summed E-state index contributed by atoms with van der Waals surface area (Å²) < 4.78 is 38.9. The predicted molar refractivity (Wildman–Crippen MR) is 82.4 cm³/mol. The van der Waals surface area contributed by atoms with Gasteiger partial charge in [-0.1, -0.05) is 12.1 Å². The van der Waals surface area contributed by atoms with Crippen molar-refractivity contribution in [3.8, 4) is 11.5 Å². The highest BCUT2D eigenvalue weighted by Crippen LogP contribution is 2.31. The van der Waals surface area contributed by atoms with Gasteiger partial charge in [-0.05, 0) is 12.1 Å². The van der Waals surface area contributed by atoms with Crippen LogP contribution in [-0.4, -0.2) is 69.7 Å². The quantitative estimate of drug-likeness (QED) is 0.718. The van der Waals surface area contributed by atoms with Crippen molar-refractivity contribution in [1.29, 1.82) is 0 Å². The van der Waals surface area contributed by atoms with Gasteiger partial charge in [0.05, 0.1) is 11.5 Å². The molecule has 3 rings (SSSR count). The van der Waals surface area contributed by atoms with E-state index in [9.17, 15) is 13.2 Å². The fourth-order valence-corrected chi connectivity index (χ4v) is 3.75. The van der Waals surface area contributed by atoms with Crippen LogP contribution in [-0.2, 0) is 19.4 Å². The maximum Gasteiger partial charge on any atom is 0.351 e. The summed E-state index contributed by atoms with van der Waals surface area (Å²) >= 11 is 0. The van der Waals surface area contributed by atoms with E-state index < -0.39 is 21.9 Å². The Kier molecular flexibility index (Phi) is 4.72. The Morgan fingerprint density at radius 2 is 1.91 bits per heavy atom. The van der Waals surface area contributed by atoms with Gasteiger partial charge in [0.15, 0.2) is 21.3 Å². The van der Waals surface area contributed by atoms with E-state index in [-0.39, 0.29) is 24.7 Å². The van der Waals surface area contributed by atoms with E-state index in [0.717, 1.165) is 0 Å². The molecule has 0 radical (unpaired) electrons. The summed E-state index contributed by atoms with van der Waals surface area (Å²) in [5, 5.41) is 0. The van der Waals surface area contributed by atoms with E-state index in [0.29, 0.717) is 31.1 Å². The predicted octanol–water partition coefficient (Wildman–Crippen LogP) is 0.100. The van der Waals surface area contributed by atoms with Crippen LogP contribution in [0.1, 0.15) is 0 Å². The van der Waals surface area contributed by atoms with Crippen LogP contribution in [0, 0.1) is 0 Å². The molecule has 0 amide bonds. The molecular weight excluding hydrogens is 322 g/mol. The number of hydrogen-bond donors (Lipinski definition) is 0. The lowest BCUT2D eigenvalue weighted by molar-refractivity contribution is -0.154. The summed E-state index contributed by atoms with van der Waals surface area (Å²) in [5.41, 5.74) is 0. The third-order valence-corrected chi connectivity index (χ3v) is 5.47. The Bertz CT molecular complexity index is 660. The van der Waals surface area contributed by atoms with Crippen LogP contribution in [0.5, 0.6) is 11.5 Å². The molecule has 1 aromatic carbocycles. The average molecular weight is 341 g/mol. The second-order valence-electron chi connectivity index (χ2n) is 5.53. The standard InChI is InChI=1S/C15H19NO6S/c17-15(14-11-21-12-3-1-2-4-13(12)22-14)20-8-5-16-6-9-23(18,19)10-7-16/h1-4,14H,5-11H2. The van der Waals surface area contributed by atoms with Gasteiger partial charge in [-0.15, -0.1) is 0 Å². The Hall–Kier alpha value is -1.80. The van der Waals surface area contributed by atoms with Crippen molar-refractivity contribution in [2.24, 2.45) is 0 Å². The zero-order valence-corrected chi connectivity index (χ0v) is 13.5. The molecule has 1 saturated heterocycles. The third kappa shape index (κ3) is 4.14. The molecule has 2 aliphatic heterocycles. The molecule has 0 bridgehead atoms. The molecule has 8 heteroatoms. The topological polar surface area (TPSA) is 82.1 Å². The molecule has 2 aliphatic rings. The molecule has 0 aromatic heterocycles. The third-order valence-electron chi connectivity index (χ3n) is 3.86. The summed E-state index contributed by atoms with van der Waals surface area (Å²) in [6.07, 6.45) is -0.772. The molecule has 0 spiro atoms. The largest absolute Gasteiger partial charge is 0.485 e. The summed E-state index contributed by atoms with van der Waals surface area (Å²) in [6.45, 7) is 1.82. The smallest absolute Gasteiger partial charge is 0.351 e. The summed E-state index contributed by atoms with van der Waals surface area (Å²) in [6, 6.07) is 7.16. The molecule has 7 nitrogen and oxygen atoms in total. The fraction of sp³-hybridized carbons (Fsp3) is 0.533. The zero-order valence-electron chi connectivity index (χ0n) is 12.6. The number of ether oxygens (including phenoxy) is 3. The van der Waals surface area contributed by atoms with Gasteiger partial charge in [0.2, 0.25) is 6.10 Å². The van der Waals surface area contributed by atoms with Crippen LogP contribution < -0.4 is 9.47 Å². The Balaban J connectivity index is 1.42. The van der Waals surface area contributed by atoms with Crippen molar-refractivity contribution in [2.45, 2.75) is 6.10 Å². The van der Waals surface area contributed by atoms with Gasteiger partial charge in [-0.3, -0.25) is 4.90 Å². The van der Waals surface area contributed by atoms with Crippen LogP contribution in [0.25, 0.3) is 0 Å². The van der Waals surface area contributed by atoms with Gasteiger partial charge >= 0.3 is 5.97 Å². The van der Waals surface area contributed by atoms with E-state index in [1.807, 2.05) is 11.0 Å². The SMILES string of the molecule is O=C(OCCN1CCS(=O)(=O)CC1)C1COc2ccccc2O1. The number of rotatable bonds is 4. The second-order valence-corrected chi connectivity index (χ2v) is 7.83. The lowest BCUT2D eigenvalue weighted by Crippen LogP contribution is -2.43. The minimum atomic E-state index is -2.89. The normalized spacial score (nSPS) is 23.2. The Morgan fingerprint density at radius 3 is 2.65 bits per heavy atom. The first kappa shape index (κ1) is 16.1. The van der Waals surface area contributed by atoms with E-state index in [4.69, 9.17) is 14.2 Å². The van der Waals surface area contributed by atoms with Crippen LogP contribution >= 0.6 is 0 Å². The van der Waals surface area contributed by atoms with Gasteiger partial charge < -0.3 is 14.2 Å². The van der Waals surface area contributed by atoms with Crippen LogP contribution in [0.15, 0.2) is 24.3 Å². The number of carbonyl (C=O) groups is 1. The molecule has 2 heterocycles. The zero-order chi connectivity index (χ0) is 16.3. The van der Waals surface area contributed by atoms with Crippen LogP contribution in [0.2, 0.25) is 0 Å². The number of esters is 1. The molecule has 126 valence electrons. The highest BCUT2D eigenvalue weighted by molar-refractivity contribution is 7.91. The summed E-state index contributed by atoms with van der Waals surface area (Å²) in [4.78, 5) is 14.0. The molecule has 0 N–H and O–H groups in total. The molecule has 0 saturated carbocycles. The van der Waals surface area contributed by atoms with Crippen LogP contribution in [0.4, 0.5) is 0 Å². The molecule has 1 unspecified atom stereocenters. The number of sulfone groups is 1. The highest BCUT2D eigenvalue weighted by atomic mass is 32.2. The number of para-hydroxylation sites is 2. The molecular formula is C15H19NO6S. The number of hydrogen-bond acceptors (Lipinski definition) is 7. The second kappa shape index (κ2) is 6.76. The van der Waals surface area contributed by atoms with Gasteiger partial charge in [-0.2, -0.15) is 0 Å². The monoisotopic (exact) mass is 341 g/mol. The fourth-order valence-electron chi connectivity index (χ4n) is 2.48. The highest BCUT2D eigenvalue weighted by Gasteiger charge is 2.29. The first-order valence-corrected chi connectivity index (χ1v) is 9.33. The van der Waals surface area contributed by atoms with Gasteiger partial charge in [0.1, 0.15) is 13.2 Å². The lowest BCUT2D eigenvalue weighted by atomic mass is 10.2. The number of nitrogens with zero attached hydrogens (tertiary/aromatic N) is 1. The number of carbonyl (C=O) groups excluding carboxylic acids is 1. The minimum Gasteiger partial charge on any atom is -0.485 e. The van der Waals surface area contributed by atoms with Gasteiger partial charge in [-0.25, -0.2) is 13.2 Å². The van der Waals surface area contributed by atoms with Crippen molar-refractivity contribution in [2.75, 3.05) is 44.4 Å². The maximum absolute atomic E-state index is 12.0. The first-order chi connectivity index (χ1) is 11.0. The molecule has 23 heavy (non-hydrogen) atoms. The van der Waals surface area contributed by atoms with Crippen molar-refractivity contribution >= 4 is 15.8 Å². The molecule has 0 aliphatic carbocycles. The number of fused-ring (bicyclic) bond motifs is 1.